The van der Waals surface area contributed by atoms with Gasteiger partial charge in [0.1, 0.15) is 11.6 Å². The van der Waals surface area contributed by atoms with E-state index in [0.29, 0.717) is 10.6 Å². The Labute approximate surface area is 222 Å². The molecule has 2 aliphatic rings. The number of aryl methyl sites for hydroxylation is 1. The molecule has 1 aromatic rings. The first-order chi connectivity index (χ1) is 17.1. The zero-order valence-electron chi connectivity index (χ0n) is 21.7. The number of hydrogen-bond acceptors (Lipinski definition) is 7. The number of nitrogens with zero attached hydrogens (tertiary/aromatic N) is 1. The second-order valence-corrected chi connectivity index (χ2v) is 13.2. The van der Waals surface area contributed by atoms with Gasteiger partial charge in [-0.05, 0) is 77.1 Å². The number of ketones is 1. The molecule has 204 valence electrons. The van der Waals surface area contributed by atoms with Gasteiger partial charge in [0, 0.05) is 17.6 Å². The Morgan fingerprint density at radius 3 is 2.38 bits per heavy atom. The van der Waals surface area contributed by atoms with Gasteiger partial charge in [-0.3, -0.25) is 19.3 Å². The van der Waals surface area contributed by atoms with Gasteiger partial charge < -0.3 is 15.4 Å². The van der Waals surface area contributed by atoms with E-state index < -0.39 is 56.5 Å². The van der Waals surface area contributed by atoms with Crippen LogP contribution in [0.5, 0.6) is 0 Å². The third-order valence-electron chi connectivity index (χ3n) is 6.25. The van der Waals surface area contributed by atoms with Crippen LogP contribution < -0.4 is 10.6 Å². The molecule has 12 heteroatoms. The highest BCUT2D eigenvalue weighted by Crippen LogP contribution is 2.32. The van der Waals surface area contributed by atoms with Gasteiger partial charge in [-0.1, -0.05) is 18.5 Å². The third kappa shape index (κ3) is 7.01. The second-order valence-electron chi connectivity index (χ2n) is 10.5. The summed E-state index contributed by atoms with van der Waals surface area (Å²) in [6.45, 7) is 7.96. The van der Waals surface area contributed by atoms with Crippen molar-refractivity contribution in [3.8, 4) is 0 Å². The number of halogens is 1. The maximum absolute atomic E-state index is 13.5. The number of hydrogen-bond donors (Lipinski definition) is 2. The van der Waals surface area contributed by atoms with Gasteiger partial charge in [-0.25, -0.2) is 13.2 Å². The van der Waals surface area contributed by atoms with Crippen LogP contribution >= 0.6 is 11.6 Å². The molecule has 1 aromatic carbocycles. The summed E-state index contributed by atoms with van der Waals surface area (Å²) in [5.41, 5.74) is -0.437. The van der Waals surface area contributed by atoms with Crippen LogP contribution in [-0.4, -0.2) is 72.5 Å². The Morgan fingerprint density at radius 2 is 1.84 bits per heavy atom. The van der Waals surface area contributed by atoms with E-state index in [2.05, 4.69) is 10.6 Å². The van der Waals surface area contributed by atoms with Crippen molar-refractivity contribution >= 4 is 45.1 Å². The fourth-order valence-corrected chi connectivity index (χ4v) is 6.31. The lowest BCUT2D eigenvalue weighted by Crippen LogP contribution is -2.53. The van der Waals surface area contributed by atoms with E-state index in [1.165, 1.54) is 18.2 Å². The molecule has 0 aromatic heterocycles. The Kier molecular flexibility index (Phi) is 8.58. The SMILES string of the molecule is CC[C@H](NC(=O)C1CC(S(=O)(=O)c2ccc(Cl)cc2C)CN1C(=O)OC(C)(C)C)C(=O)C(=O)NC1CC1. The minimum absolute atomic E-state index is 0.0237. The number of rotatable bonds is 8. The molecule has 1 saturated carbocycles. The normalized spacial score (nSPS) is 20.8. The number of sulfone groups is 1. The number of benzene rings is 1. The number of Topliss-reactive ketones (excluding diaryl/α,β-unsaturated/α-hetero) is 1. The second kappa shape index (κ2) is 11.0. The molecule has 3 amide bonds. The first-order valence-electron chi connectivity index (χ1n) is 12.3. The van der Waals surface area contributed by atoms with Crippen LogP contribution in [0, 0.1) is 6.92 Å². The smallest absolute Gasteiger partial charge is 0.411 e. The van der Waals surface area contributed by atoms with Crippen LogP contribution in [0.1, 0.15) is 58.9 Å². The minimum atomic E-state index is -3.95. The molecule has 1 aliphatic heterocycles. The lowest BCUT2D eigenvalue weighted by atomic mass is 10.1. The first kappa shape index (κ1) is 28.9. The van der Waals surface area contributed by atoms with Crippen molar-refractivity contribution in [1.82, 2.24) is 15.5 Å². The average molecular weight is 556 g/mol. The van der Waals surface area contributed by atoms with Crippen molar-refractivity contribution in [2.24, 2.45) is 0 Å². The summed E-state index contributed by atoms with van der Waals surface area (Å²) >= 11 is 5.99. The van der Waals surface area contributed by atoms with E-state index in [0.717, 1.165) is 17.7 Å². The van der Waals surface area contributed by atoms with Gasteiger partial charge in [0.05, 0.1) is 16.2 Å². The highest BCUT2D eigenvalue weighted by Gasteiger charge is 2.47. The molecule has 3 rings (SSSR count). The molecule has 1 saturated heterocycles. The first-order valence-corrected chi connectivity index (χ1v) is 14.2. The van der Waals surface area contributed by atoms with Gasteiger partial charge in [-0.15, -0.1) is 0 Å². The molecular weight excluding hydrogens is 522 g/mol. The topological polar surface area (TPSA) is 139 Å². The molecule has 10 nitrogen and oxygen atoms in total. The highest BCUT2D eigenvalue weighted by atomic mass is 35.5. The zero-order chi connectivity index (χ0) is 27.7. The summed E-state index contributed by atoms with van der Waals surface area (Å²) in [4.78, 5) is 52.3. The van der Waals surface area contributed by atoms with Crippen molar-refractivity contribution in [2.75, 3.05) is 6.54 Å². The van der Waals surface area contributed by atoms with E-state index in [4.69, 9.17) is 16.3 Å². The van der Waals surface area contributed by atoms with Gasteiger partial charge >= 0.3 is 6.09 Å². The average Bonchev–Trinajstić information content (AvgIpc) is 3.47. The molecule has 0 spiro atoms. The third-order valence-corrected chi connectivity index (χ3v) is 8.78. The molecule has 37 heavy (non-hydrogen) atoms. The Morgan fingerprint density at radius 1 is 1.19 bits per heavy atom. The lowest BCUT2D eigenvalue weighted by Gasteiger charge is -2.28. The van der Waals surface area contributed by atoms with Crippen LogP contribution in [0.4, 0.5) is 4.79 Å². The monoisotopic (exact) mass is 555 g/mol. The van der Waals surface area contributed by atoms with E-state index in [1.54, 1.807) is 34.6 Å². The molecule has 2 fully saturated rings. The largest absolute Gasteiger partial charge is 0.444 e. The lowest BCUT2D eigenvalue weighted by molar-refractivity contribution is -0.140. The number of ether oxygens (including phenoxy) is 1. The van der Waals surface area contributed by atoms with Gasteiger partial charge in [0.2, 0.25) is 11.7 Å². The molecule has 1 heterocycles. The summed E-state index contributed by atoms with van der Waals surface area (Å²) in [5, 5.41) is 4.45. The van der Waals surface area contributed by atoms with E-state index >= 15 is 0 Å². The minimum Gasteiger partial charge on any atom is -0.444 e. The maximum Gasteiger partial charge on any atom is 0.411 e. The summed E-state index contributed by atoms with van der Waals surface area (Å²) in [6.07, 6.45) is 0.710. The summed E-state index contributed by atoms with van der Waals surface area (Å²) in [6, 6.07) is 2.06. The van der Waals surface area contributed by atoms with Crippen LogP contribution in [-0.2, 0) is 29.0 Å². The molecule has 2 N–H and O–H groups in total. The van der Waals surface area contributed by atoms with Crippen molar-refractivity contribution in [2.45, 2.75) is 94.2 Å². The Balaban J connectivity index is 1.85. The molecule has 1 aliphatic carbocycles. The molecule has 2 unspecified atom stereocenters. The van der Waals surface area contributed by atoms with Crippen LogP contribution in [0.15, 0.2) is 23.1 Å². The van der Waals surface area contributed by atoms with Gasteiger partial charge in [0.15, 0.2) is 9.84 Å². The molecule has 0 radical (unpaired) electrons. The van der Waals surface area contributed by atoms with Gasteiger partial charge in [-0.2, -0.15) is 0 Å². The van der Waals surface area contributed by atoms with Crippen molar-refractivity contribution < 1.29 is 32.3 Å². The summed E-state index contributed by atoms with van der Waals surface area (Å²) in [5.74, 6) is -2.29. The van der Waals surface area contributed by atoms with E-state index in [-0.39, 0.29) is 30.3 Å². The van der Waals surface area contributed by atoms with E-state index in [1.807, 2.05) is 0 Å². The standard InChI is InChI=1S/C25H34ClN3O7S/c1-6-18(21(30)23(32)27-16-8-9-16)28-22(31)19-12-17(13-29(19)24(33)36-25(3,4)5)37(34,35)20-10-7-15(26)11-14(20)2/h7,10-11,16-19H,6,8-9,12-13H2,1-5H3,(H,27,32)(H,28,31)/t17?,18-,19?/m0/s1. The van der Waals surface area contributed by atoms with Crippen molar-refractivity contribution in [3.05, 3.63) is 28.8 Å². The predicted molar refractivity (Wildman–Crippen MR) is 137 cm³/mol. The predicted octanol–water partition coefficient (Wildman–Crippen LogP) is 2.54. The fourth-order valence-electron chi connectivity index (χ4n) is 4.17. The van der Waals surface area contributed by atoms with Gasteiger partial charge in [0.25, 0.3) is 5.91 Å². The highest BCUT2D eigenvalue weighted by molar-refractivity contribution is 7.92. The number of carbonyl (C=O) groups excluding carboxylic acids is 4. The summed E-state index contributed by atoms with van der Waals surface area (Å²) in [7, 11) is -3.95. The molecule has 3 atom stereocenters. The molecule has 0 bridgehead atoms. The summed E-state index contributed by atoms with van der Waals surface area (Å²) < 4.78 is 32.5. The zero-order valence-corrected chi connectivity index (χ0v) is 23.2. The number of carbonyl (C=O) groups is 4. The number of likely N-dealkylation sites (tertiary alicyclic amines) is 1. The maximum atomic E-state index is 13.5. The molecular formula is C25H34ClN3O7S. The Bertz CT molecular complexity index is 1190. The fraction of sp³-hybridized carbons (Fsp3) is 0.600. The Hall–Kier alpha value is -2.66. The number of nitrogens with one attached hydrogen (secondary N) is 2. The van der Waals surface area contributed by atoms with Crippen molar-refractivity contribution in [3.63, 3.8) is 0 Å². The van der Waals surface area contributed by atoms with Crippen LogP contribution in [0.3, 0.4) is 0 Å². The van der Waals surface area contributed by atoms with Crippen LogP contribution in [0.2, 0.25) is 5.02 Å². The number of amides is 3. The van der Waals surface area contributed by atoms with Crippen LogP contribution in [0.25, 0.3) is 0 Å². The quantitative estimate of drug-likeness (QED) is 0.470. The van der Waals surface area contributed by atoms with E-state index in [9.17, 15) is 27.6 Å². The van der Waals surface area contributed by atoms with Crippen molar-refractivity contribution in [1.29, 1.82) is 0 Å².